The Morgan fingerprint density at radius 3 is 2.51 bits per heavy atom. The summed E-state index contributed by atoms with van der Waals surface area (Å²) in [6, 6.07) is 5.65. The fourth-order valence-corrected chi connectivity index (χ4v) is 8.62. The number of carbonyl (C=O) groups excluding carboxylic acids is 5. The number of carbonyl (C=O) groups is 5. The Morgan fingerprint density at radius 1 is 0.979 bits per heavy atom. The van der Waals surface area contributed by atoms with E-state index in [-0.39, 0.29) is 35.8 Å². The molecule has 0 spiro atoms. The number of urea groups is 1. The van der Waals surface area contributed by atoms with Gasteiger partial charge in [0.25, 0.3) is 5.91 Å². The van der Waals surface area contributed by atoms with Gasteiger partial charge in [-0.1, -0.05) is 45.3 Å². The van der Waals surface area contributed by atoms with Crippen LogP contribution in [0.25, 0.3) is 10.4 Å². The Balaban J connectivity index is 1.35. The highest BCUT2D eigenvalue weighted by molar-refractivity contribution is 8.76. The summed E-state index contributed by atoms with van der Waals surface area (Å²) in [7, 11) is 3.14. The fourth-order valence-electron chi connectivity index (χ4n) is 5.18. The summed E-state index contributed by atoms with van der Waals surface area (Å²) in [5.74, 6) is 1.55. The molecule has 4 unspecified atom stereocenters. The maximum absolute atomic E-state index is 13.0. The van der Waals surface area contributed by atoms with Crippen LogP contribution in [-0.2, 0) is 14.4 Å². The van der Waals surface area contributed by atoms with Gasteiger partial charge >= 0.3 is 6.03 Å². The Hall–Kier alpha value is -3.27. The maximum Gasteiger partial charge on any atom is 0.315 e. The van der Waals surface area contributed by atoms with E-state index in [0.717, 1.165) is 25.0 Å². The third kappa shape index (κ3) is 14.2. The molecule has 14 nitrogen and oxygen atoms in total. The summed E-state index contributed by atoms with van der Waals surface area (Å²) in [5, 5.41) is 21.2. The summed E-state index contributed by atoms with van der Waals surface area (Å²) in [4.78, 5) is 64.1. The number of hydrogen-bond donors (Lipinski definition) is 6. The standard InChI is InChI=1S/C30H45N9O5S3/c1-2-32-26(41)14-17-46-47-18-16-34-29(43)22(35-28(42)20-10-12-21(13-11-20)38-39-31)7-5-6-15-33-25(40)9-4-3-8-24-27-23(19-45-24)36-30(44)37-27/h10-13,22-24,27H,2-9,14-19H2,1H3,(H,32,41)(H,33,40)(H,34,43)(H,35,42)(H2,36,37,44). The first-order valence-electron chi connectivity index (χ1n) is 16.0. The Bertz CT molecular complexity index is 1250. The van der Waals surface area contributed by atoms with Gasteiger partial charge in [0, 0.05) is 71.1 Å². The number of hydrogen-bond acceptors (Lipinski definition) is 9. The molecule has 2 aliphatic rings. The SMILES string of the molecule is CCNC(=O)CCSSCCNC(=O)C(CCCCNC(=O)CCCCC1SCC2NC(=O)NC21)NC(=O)c1ccc(N=[N+]=[N-])cc1. The number of benzene rings is 1. The number of nitrogens with zero attached hydrogens (tertiary/aromatic N) is 3. The Morgan fingerprint density at radius 2 is 1.74 bits per heavy atom. The first-order valence-corrected chi connectivity index (χ1v) is 19.5. The number of unbranched alkanes of at least 4 members (excludes halogenated alkanes) is 2. The molecule has 0 radical (unpaired) electrons. The number of fused-ring (bicyclic) bond motifs is 1. The lowest BCUT2D eigenvalue weighted by atomic mass is 10.0. The van der Waals surface area contributed by atoms with Crippen molar-refractivity contribution >= 4 is 68.7 Å². The van der Waals surface area contributed by atoms with Gasteiger partial charge in [0.1, 0.15) is 6.04 Å². The first-order chi connectivity index (χ1) is 22.8. The van der Waals surface area contributed by atoms with E-state index in [1.807, 2.05) is 18.7 Å². The van der Waals surface area contributed by atoms with Crippen LogP contribution < -0.4 is 31.9 Å². The summed E-state index contributed by atoms with van der Waals surface area (Å²) in [5.41, 5.74) is 9.31. The van der Waals surface area contributed by atoms with Crippen LogP contribution in [0.5, 0.6) is 0 Å². The van der Waals surface area contributed by atoms with Gasteiger partial charge in [-0.05, 0) is 56.7 Å². The van der Waals surface area contributed by atoms with Gasteiger partial charge in [-0.3, -0.25) is 19.2 Å². The number of amides is 6. The molecule has 0 bridgehead atoms. The minimum Gasteiger partial charge on any atom is -0.356 e. The van der Waals surface area contributed by atoms with Gasteiger partial charge in [0.15, 0.2) is 0 Å². The third-order valence-corrected chi connectivity index (χ3v) is 11.5. The lowest BCUT2D eigenvalue weighted by molar-refractivity contribution is -0.123. The van der Waals surface area contributed by atoms with Crippen LogP contribution >= 0.6 is 33.3 Å². The van der Waals surface area contributed by atoms with E-state index in [1.54, 1.807) is 21.6 Å². The van der Waals surface area contributed by atoms with E-state index < -0.39 is 11.9 Å². The van der Waals surface area contributed by atoms with E-state index in [1.165, 1.54) is 24.3 Å². The third-order valence-electron chi connectivity index (χ3n) is 7.59. The molecule has 6 N–H and O–H groups in total. The molecule has 1 aromatic carbocycles. The fraction of sp³-hybridized carbons (Fsp3) is 0.633. The van der Waals surface area contributed by atoms with Gasteiger partial charge in [-0.15, -0.1) is 0 Å². The summed E-state index contributed by atoms with van der Waals surface area (Å²) < 4.78 is 0. The van der Waals surface area contributed by atoms with Crippen molar-refractivity contribution in [2.45, 2.75) is 81.7 Å². The highest BCUT2D eigenvalue weighted by atomic mass is 33.1. The van der Waals surface area contributed by atoms with Crippen LogP contribution in [0.3, 0.4) is 0 Å². The van der Waals surface area contributed by atoms with Crippen LogP contribution in [0.15, 0.2) is 29.4 Å². The number of rotatable bonds is 22. The van der Waals surface area contributed by atoms with E-state index >= 15 is 0 Å². The summed E-state index contributed by atoms with van der Waals surface area (Å²) in [6.45, 7) is 3.38. The molecule has 2 aliphatic heterocycles. The second kappa shape index (κ2) is 21.6. The second-order valence-corrected chi connectivity index (χ2v) is 15.1. The molecule has 6 amide bonds. The molecule has 0 saturated carbocycles. The maximum atomic E-state index is 13.0. The van der Waals surface area contributed by atoms with E-state index in [2.05, 4.69) is 41.9 Å². The molecule has 258 valence electrons. The number of thioether (sulfide) groups is 1. The second-order valence-electron chi connectivity index (χ2n) is 11.1. The largest absolute Gasteiger partial charge is 0.356 e. The molecule has 47 heavy (non-hydrogen) atoms. The van der Waals surface area contributed by atoms with Crippen molar-refractivity contribution in [1.82, 2.24) is 31.9 Å². The zero-order chi connectivity index (χ0) is 33.9. The zero-order valence-corrected chi connectivity index (χ0v) is 29.1. The monoisotopic (exact) mass is 707 g/mol. The molecule has 1 aromatic rings. The van der Waals surface area contributed by atoms with E-state index in [4.69, 9.17) is 5.53 Å². The van der Waals surface area contributed by atoms with Gasteiger partial charge in [-0.25, -0.2) is 4.79 Å². The molecule has 2 heterocycles. The van der Waals surface area contributed by atoms with Crippen LogP contribution in [-0.4, -0.2) is 89.9 Å². The smallest absolute Gasteiger partial charge is 0.315 e. The van der Waals surface area contributed by atoms with Crippen LogP contribution in [0, 0.1) is 0 Å². The van der Waals surface area contributed by atoms with Crippen molar-refractivity contribution in [1.29, 1.82) is 0 Å². The molecular formula is C30H45N9O5S3. The van der Waals surface area contributed by atoms with Gasteiger partial charge < -0.3 is 31.9 Å². The van der Waals surface area contributed by atoms with Crippen molar-refractivity contribution < 1.29 is 24.0 Å². The topological polar surface area (TPSA) is 206 Å². The molecule has 2 fully saturated rings. The average Bonchev–Trinajstić information content (AvgIpc) is 3.61. The van der Waals surface area contributed by atoms with Crippen LogP contribution in [0.1, 0.15) is 68.6 Å². The molecule has 4 atom stereocenters. The van der Waals surface area contributed by atoms with E-state index in [9.17, 15) is 24.0 Å². The normalized spacial score (nSPS) is 18.6. The Labute approximate surface area is 287 Å². The number of nitrogens with one attached hydrogen (secondary N) is 6. The molecule has 2 saturated heterocycles. The molecule has 17 heteroatoms. The van der Waals surface area contributed by atoms with Gasteiger partial charge in [0.05, 0.1) is 12.1 Å². The molecule has 3 rings (SSSR count). The van der Waals surface area contributed by atoms with Crippen molar-refractivity contribution in [3.05, 3.63) is 40.3 Å². The molecule has 0 aliphatic carbocycles. The summed E-state index contributed by atoms with van der Waals surface area (Å²) in [6.07, 6.45) is 5.20. The highest BCUT2D eigenvalue weighted by Crippen LogP contribution is 2.33. The number of azide groups is 1. The van der Waals surface area contributed by atoms with Crippen molar-refractivity contribution in [2.24, 2.45) is 5.11 Å². The van der Waals surface area contributed by atoms with Gasteiger partial charge in [0.2, 0.25) is 17.7 Å². The predicted octanol–water partition coefficient (Wildman–Crippen LogP) is 3.76. The highest BCUT2D eigenvalue weighted by Gasteiger charge is 2.42. The lowest BCUT2D eigenvalue weighted by Gasteiger charge is -2.19. The lowest BCUT2D eigenvalue weighted by Crippen LogP contribution is -2.47. The van der Waals surface area contributed by atoms with Crippen molar-refractivity contribution in [3.8, 4) is 0 Å². The first kappa shape index (κ1) is 38.2. The zero-order valence-electron chi connectivity index (χ0n) is 26.6. The van der Waals surface area contributed by atoms with Crippen molar-refractivity contribution in [3.63, 3.8) is 0 Å². The predicted molar refractivity (Wildman–Crippen MR) is 189 cm³/mol. The minimum atomic E-state index is -0.765. The molecule has 0 aromatic heterocycles. The quantitative estimate of drug-likeness (QED) is 0.0261. The average molecular weight is 708 g/mol. The Kier molecular flexibility index (Phi) is 17.5. The van der Waals surface area contributed by atoms with Crippen molar-refractivity contribution in [2.75, 3.05) is 36.9 Å². The van der Waals surface area contributed by atoms with Crippen LogP contribution in [0.2, 0.25) is 0 Å². The molecular weight excluding hydrogens is 663 g/mol. The van der Waals surface area contributed by atoms with E-state index in [0.29, 0.717) is 79.7 Å². The van der Waals surface area contributed by atoms with Gasteiger partial charge in [-0.2, -0.15) is 11.8 Å². The minimum absolute atomic E-state index is 0.00840. The van der Waals surface area contributed by atoms with Crippen LogP contribution in [0.4, 0.5) is 10.5 Å². The summed E-state index contributed by atoms with van der Waals surface area (Å²) >= 11 is 1.87.